The maximum atomic E-state index is 11.9. The number of nitrogens with one attached hydrogen (secondary N) is 2. The van der Waals surface area contributed by atoms with E-state index in [0.29, 0.717) is 0 Å². The van der Waals surface area contributed by atoms with Crippen molar-refractivity contribution in [2.24, 2.45) is 0 Å². The first kappa shape index (κ1) is 15.2. The third-order valence-corrected chi connectivity index (χ3v) is 2.77. The summed E-state index contributed by atoms with van der Waals surface area (Å²) in [4.78, 5) is 23.2. The molecule has 1 aromatic carbocycles. The molecule has 0 heterocycles. The summed E-state index contributed by atoms with van der Waals surface area (Å²) >= 11 is 0. The van der Waals surface area contributed by atoms with Gasteiger partial charge in [-0.15, -0.1) is 0 Å². The molecule has 2 unspecified atom stereocenters. The zero-order valence-electron chi connectivity index (χ0n) is 11.7. The summed E-state index contributed by atoms with van der Waals surface area (Å²) in [5.74, 6) is -0.588. The molecule has 0 aliphatic carbocycles. The lowest BCUT2D eigenvalue weighted by atomic mass is 10.2. The molecule has 2 atom stereocenters. The Morgan fingerprint density at radius 3 is 2.21 bits per heavy atom. The standard InChI is InChI=1S/C14H20N2O3/c1-9-5-7-12(8-6-9)16-13(17)10(2)15-11(3)14(18)19-4/h5-8,10-11,15H,1-4H3,(H,16,17). The van der Waals surface area contributed by atoms with Crippen LogP contribution in [0.25, 0.3) is 0 Å². The lowest BCUT2D eigenvalue weighted by Crippen LogP contribution is -2.46. The van der Waals surface area contributed by atoms with Crippen LogP contribution >= 0.6 is 0 Å². The molecule has 0 saturated heterocycles. The van der Waals surface area contributed by atoms with Crippen molar-refractivity contribution in [2.45, 2.75) is 32.9 Å². The zero-order chi connectivity index (χ0) is 14.4. The van der Waals surface area contributed by atoms with Crippen LogP contribution in [0.5, 0.6) is 0 Å². The maximum absolute atomic E-state index is 11.9. The van der Waals surface area contributed by atoms with Crippen molar-refractivity contribution in [2.75, 3.05) is 12.4 Å². The Morgan fingerprint density at radius 2 is 1.68 bits per heavy atom. The van der Waals surface area contributed by atoms with Gasteiger partial charge < -0.3 is 10.1 Å². The topological polar surface area (TPSA) is 67.4 Å². The van der Waals surface area contributed by atoms with E-state index in [1.54, 1.807) is 13.8 Å². The van der Waals surface area contributed by atoms with E-state index >= 15 is 0 Å². The Balaban J connectivity index is 2.53. The molecule has 0 fully saturated rings. The second-order valence-corrected chi connectivity index (χ2v) is 4.49. The van der Waals surface area contributed by atoms with Crippen LogP contribution < -0.4 is 10.6 Å². The van der Waals surface area contributed by atoms with Crippen LogP contribution in [0.15, 0.2) is 24.3 Å². The van der Waals surface area contributed by atoms with E-state index in [-0.39, 0.29) is 5.91 Å². The molecule has 19 heavy (non-hydrogen) atoms. The van der Waals surface area contributed by atoms with E-state index in [1.807, 2.05) is 31.2 Å². The van der Waals surface area contributed by atoms with Crippen LogP contribution in [-0.2, 0) is 14.3 Å². The Labute approximate surface area is 113 Å². The number of anilines is 1. The second-order valence-electron chi connectivity index (χ2n) is 4.49. The molecule has 1 aromatic rings. The summed E-state index contributed by atoms with van der Waals surface area (Å²) in [6.07, 6.45) is 0. The molecular weight excluding hydrogens is 244 g/mol. The van der Waals surface area contributed by atoms with Crippen LogP contribution in [-0.4, -0.2) is 31.1 Å². The minimum Gasteiger partial charge on any atom is -0.468 e. The number of benzene rings is 1. The zero-order valence-corrected chi connectivity index (χ0v) is 11.7. The normalized spacial score (nSPS) is 13.5. The smallest absolute Gasteiger partial charge is 0.322 e. The van der Waals surface area contributed by atoms with Gasteiger partial charge in [-0.3, -0.25) is 14.9 Å². The van der Waals surface area contributed by atoms with Crippen LogP contribution in [0.3, 0.4) is 0 Å². The highest BCUT2D eigenvalue weighted by atomic mass is 16.5. The SMILES string of the molecule is COC(=O)C(C)NC(C)C(=O)Nc1ccc(C)cc1. The fraction of sp³-hybridized carbons (Fsp3) is 0.429. The lowest BCUT2D eigenvalue weighted by Gasteiger charge is -2.18. The first-order valence-corrected chi connectivity index (χ1v) is 6.15. The molecule has 5 heteroatoms. The average Bonchev–Trinajstić information content (AvgIpc) is 2.40. The molecule has 0 spiro atoms. The van der Waals surface area contributed by atoms with Gasteiger partial charge in [0.2, 0.25) is 5.91 Å². The van der Waals surface area contributed by atoms with Crippen molar-refractivity contribution in [3.63, 3.8) is 0 Å². The number of rotatable bonds is 5. The Hall–Kier alpha value is -1.88. The average molecular weight is 264 g/mol. The van der Waals surface area contributed by atoms with E-state index in [1.165, 1.54) is 7.11 Å². The van der Waals surface area contributed by atoms with Gasteiger partial charge in [-0.05, 0) is 32.9 Å². The molecule has 0 aromatic heterocycles. The fourth-order valence-electron chi connectivity index (χ4n) is 1.58. The number of carbonyl (C=O) groups is 2. The number of ether oxygens (including phenoxy) is 1. The summed E-state index contributed by atoms with van der Waals surface area (Å²) < 4.78 is 4.59. The van der Waals surface area contributed by atoms with Crippen molar-refractivity contribution < 1.29 is 14.3 Å². The Kier molecular flexibility index (Phi) is 5.51. The minimum absolute atomic E-state index is 0.195. The molecule has 104 valence electrons. The Bertz CT molecular complexity index is 443. The van der Waals surface area contributed by atoms with Gasteiger partial charge in [0.1, 0.15) is 6.04 Å². The predicted molar refractivity (Wildman–Crippen MR) is 73.9 cm³/mol. The molecule has 5 nitrogen and oxygen atoms in total. The molecule has 0 saturated carbocycles. The predicted octanol–water partition coefficient (Wildman–Crippen LogP) is 1.47. The van der Waals surface area contributed by atoms with Gasteiger partial charge in [-0.25, -0.2) is 0 Å². The van der Waals surface area contributed by atoms with Crippen LogP contribution in [0.1, 0.15) is 19.4 Å². The third kappa shape index (κ3) is 4.71. The first-order valence-electron chi connectivity index (χ1n) is 6.15. The maximum Gasteiger partial charge on any atom is 0.322 e. The van der Waals surface area contributed by atoms with E-state index in [4.69, 9.17) is 0 Å². The number of carbonyl (C=O) groups excluding carboxylic acids is 2. The number of hydrogen-bond acceptors (Lipinski definition) is 4. The summed E-state index contributed by atoms with van der Waals surface area (Å²) in [5.41, 5.74) is 1.86. The largest absolute Gasteiger partial charge is 0.468 e. The van der Waals surface area contributed by atoms with E-state index in [0.717, 1.165) is 11.3 Å². The van der Waals surface area contributed by atoms with Gasteiger partial charge in [0, 0.05) is 5.69 Å². The third-order valence-electron chi connectivity index (χ3n) is 2.77. The summed E-state index contributed by atoms with van der Waals surface area (Å²) in [5, 5.41) is 5.65. The van der Waals surface area contributed by atoms with Gasteiger partial charge in [0.15, 0.2) is 0 Å². The number of esters is 1. The van der Waals surface area contributed by atoms with E-state index < -0.39 is 18.1 Å². The fourth-order valence-corrected chi connectivity index (χ4v) is 1.58. The van der Waals surface area contributed by atoms with Crippen molar-refractivity contribution >= 4 is 17.6 Å². The molecular formula is C14H20N2O3. The number of amides is 1. The molecule has 0 bridgehead atoms. The lowest BCUT2D eigenvalue weighted by molar-refractivity contribution is -0.142. The van der Waals surface area contributed by atoms with Crippen molar-refractivity contribution in [1.82, 2.24) is 5.32 Å². The van der Waals surface area contributed by atoms with Crippen LogP contribution in [0.4, 0.5) is 5.69 Å². The van der Waals surface area contributed by atoms with Crippen molar-refractivity contribution in [1.29, 1.82) is 0 Å². The van der Waals surface area contributed by atoms with Gasteiger partial charge in [-0.2, -0.15) is 0 Å². The quantitative estimate of drug-likeness (QED) is 0.790. The summed E-state index contributed by atoms with van der Waals surface area (Å²) in [6.45, 7) is 5.33. The highest BCUT2D eigenvalue weighted by Crippen LogP contribution is 2.09. The molecule has 0 radical (unpaired) electrons. The Morgan fingerprint density at radius 1 is 1.11 bits per heavy atom. The first-order chi connectivity index (χ1) is 8.93. The highest BCUT2D eigenvalue weighted by molar-refractivity contribution is 5.94. The van der Waals surface area contributed by atoms with E-state index in [2.05, 4.69) is 15.4 Å². The number of methoxy groups -OCH3 is 1. The van der Waals surface area contributed by atoms with Gasteiger partial charge in [0.05, 0.1) is 13.2 Å². The number of aryl methyl sites for hydroxylation is 1. The molecule has 0 aliphatic rings. The van der Waals surface area contributed by atoms with Gasteiger partial charge in [0.25, 0.3) is 0 Å². The monoisotopic (exact) mass is 264 g/mol. The second kappa shape index (κ2) is 6.89. The highest BCUT2D eigenvalue weighted by Gasteiger charge is 2.20. The van der Waals surface area contributed by atoms with Crippen molar-refractivity contribution in [3.8, 4) is 0 Å². The van der Waals surface area contributed by atoms with E-state index in [9.17, 15) is 9.59 Å². The number of hydrogen-bond donors (Lipinski definition) is 2. The molecule has 1 rings (SSSR count). The van der Waals surface area contributed by atoms with Crippen LogP contribution in [0, 0.1) is 6.92 Å². The molecule has 1 amide bonds. The molecule has 2 N–H and O–H groups in total. The van der Waals surface area contributed by atoms with Crippen molar-refractivity contribution in [3.05, 3.63) is 29.8 Å². The van der Waals surface area contributed by atoms with Gasteiger partial charge >= 0.3 is 5.97 Å². The van der Waals surface area contributed by atoms with Gasteiger partial charge in [-0.1, -0.05) is 17.7 Å². The summed E-state index contributed by atoms with van der Waals surface area (Å²) in [7, 11) is 1.32. The minimum atomic E-state index is -0.524. The molecule has 0 aliphatic heterocycles. The van der Waals surface area contributed by atoms with Crippen LogP contribution in [0.2, 0.25) is 0 Å². The summed E-state index contributed by atoms with van der Waals surface area (Å²) in [6, 6.07) is 6.50.